The molecule has 0 radical (unpaired) electrons. The Morgan fingerprint density at radius 1 is 1.14 bits per heavy atom. The highest BCUT2D eigenvalue weighted by Gasteiger charge is 2.35. The molecule has 1 N–H and O–H groups in total. The Balaban J connectivity index is 1.51. The molecule has 112 valence electrons. The van der Waals surface area contributed by atoms with E-state index in [0.717, 1.165) is 38.0 Å². The predicted octanol–water partition coefficient (Wildman–Crippen LogP) is 1.65. The SMILES string of the molecule is O=C(Nc1ccccc1)C1CCN([C@H]2CCOC2=O)CC1. The van der Waals surface area contributed by atoms with Crippen molar-refractivity contribution in [1.82, 2.24) is 4.90 Å². The fourth-order valence-electron chi connectivity index (χ4n) is 3.06. The molecule has 1 atom stereocenters. The van der Waals surface area contributed by atoms with Crippen molar-refractivity contribution in [3.8, 4) is 0 Å². The lowest BCUT2D eigenvalue weighted by Gasteiger charge is -2.33. The summed E-state index contributed by atoms with van der Waals surface area (Å²) >= 11 is 0. The van der Waals surface area contributed by atoms with Gasteiger partial charge in [-0.1, -0.05) is 18.2 Å². The number of rotatable bonds is 3. The van der Waals surface area contributed by atoms with Gasteiger partial charge in [-0.2, -0.15) is 0 Å². The van der Waals surface area contributed by atoms with E-state index in [9.17, 15) is 9.59 Å². The number of piperidine rings is 1. The number of cyclic esters (lactones) is 1. The number of anilines is 1. The molecule has 5 nitrogen and oxygen atoms in total. The summed E-state index contributed by atoms with van der Waals surface area (Å²) in [5.74, 6) is -0.00378. The van der Waals surface area contributed by atoms with Crippen LogP contribution in [-0.2, 0) is 14.3 Å². The number of nitrogens with zero attached hydrogens (tertiary/aromatic N) is 1. The van der Waals surface area contributed by atoms with Crippen molar-refractivity contribution >= 4 is 17.6 Å². The molecule has 0 spiro atoms. The number of nitrogens with one attached hydrogen (secondary N) is 1. The van der Waals surface area contributed by atoms with Crippen molar-refractivity contribution in [2.24, 2.45) is 5.92 Å². The zero-order valence-corrected chi connectivity index (χ0v) is 12.0. The maximum absolute atomic E-state index is 12.2. The van der Waals surface area contributed by atoms with E-state index in [4.69, 9.17) is 4.74 Å². The molecule has 2 fully saturated rings. The van der Waals surface area contributed by atoms with Crippen molar-refractivity contribution in [3.63, 3.8) is 0 Å². The number of ether oxygens (including phenoxy) is 1. The summed E-state index contributed by atoms with van der Waals surface area (Å²) in [5.41, 5.74) is 0.837. The monoisotopic (exact) mass is 288 g/mol. The Bertz CT molecular complexity index is 510. The van der Waals surface area contributed by atoms with E-state index in [1.807, 2.05) is 30.3 Å². The number of carbonyl (C=O) groups is 2. The summed E-state index contributed by atoms with van der Waals surface area (Å²) in [4.78, 5) is 26.0. The lowest BCUT2D eigenvalue weighted by Crippen LogP contribution is -2.45. The average molecular weight is 288 g/mol. The van der Waals surface area contributed by atoms with Crippen LogP contribution < -0.4 is 5.32 Å². The van der Waals surface area contributed by atoms with Crippen molar-refractivity contribution in [1.29, 1.82) is 0 Å². The summed E-state index contributed by atoms with van der Waals surface area (Å²) in [6.07, 6.45) is 2.37. The standard InChI is InChI=1S/C16H20N2O3/c19-15(17-13-4-2-1-3-5-13)12-6-9-18(10-7-12)14-8-11-21-16(14)20/h1-5,12,14H,6-11H2,(H,17,19)/t14-/m0/s1. The van der Waals surface area contributed by atoms with Crippen LogP contribution in [0.4, 0.5) is 5.69 Å². The van der Waals surface area contributed by atoms with Gasteiger partial charge in [0.05, 0.1) is 6.61 Å². The second-order valence-electron chi connectivity index (χ2n) is 5.64. The lowest BCUT2D eigenvalue weighted by molar-refractivity contribution is -0.142. The van der Waals surface area contributed by atoms with Gasteiger partial charge in [-0.15, -0.1) is 0 Å². The summed E-state index contributed by atoms with van der Waals surface area (Å²) in [6.45, 7) is 2.09. The average Bonchev–Trinajstić information content (AvgIpc) is 2.94. The minimum Gasteiger partial charge on any atom is -0.464 e. The zero-order valence-electron chi connectivity index (χ0n) is 12.0. The summed E-state index contributed by atoms with van der Waals surface area (Å²) in [6, 6.07) is 9.43. The molecule has 1 aromatic rings. The van der Waals surface area contributed by atoms with Crippen molar-refractivity contribution < 1.29 is 14.3 Å². The Hall–Kier alpha value is -1.88. The van der Waals surface area contributed by atoms with E-state index in [2.05, 4.69) is 10.2 Å². The van der Waals surface area contributed by atoms with Gasteiger partial charge in [0, 0.05) is 18.0 Å². The third-order valence-corrected chi connectivity index (χ3v) is 4.29. The van der Waals surface area contributed by atoms with Crippen LogP contribution in [0.2, 0.25) is 0 Å². The number of esters is 1. The van der Waals surface area contributed by atoms with Gasteiger partial charge in [-0.05, 0) is 38.1 Å². The second-order valence-corrected chi connectivity index (χ2v) is 5.64. The molecule has 1 aromatic carbocycles. The highest BCUT2D eigenvalue weighted by atomic mass is 16.5. The molecule has 2 saturated heterocycles. The maximum Gasteiger partial charge on any atom is 0.323 e. The van der Waals surface area contributed by atoms with Gasteiger partial charge in [-0.25, -0.2) is 0 Å². The summed E-state index contributed by atoms with van der Waals surface area (Å²) < 4.78 is 5.01. The Kier molecular flexibility index (Phi) is 4.20. The predicted molar refractivity (Wildman–Crippen MR) is 78.7 cm³/mol. The van der Waals surface area contributed by atoms with Crippen molar-refractivity contribution in [3.05, 3.63) is 30.3 Å². The fraction of sp³-hybridized carbons (Fsp3) is 0.500. The first-order valence-corrected chi connectivity index (χ1v) is 7.50. The number of amides is 1. The Morgan fingerprint density at radius 3 is 2.48 bits per heavy atom. The molecule has 5 heteroatoms. The second kappa shape index (κ2) is 6.26. The molecule has 2 aliphatic heterocycles. The van der Waals surface area contributed by atoms with Crippen LogP contribution in [0.15, 0.2) is 30.3 Å². The van der Waals surface area contributed by atoms with Gasteiger partial charge >= 0.3 is 5.97 Å². The van der Waals surface area contributed by atoms with E-state index in [1.165, 1.54) is 0 Å². The van der Waals surface area contributed by atoms with E-state index < -0.39 is 0 Å². The van der Waals surface area contributed by atoms with Crippen LogP contribution in [0.3, 0.4) is 0 Å². The normalized spacial score (nSPS) is 23.8. The topological polar surface area (TPSA) is 58.6 Å². The Morgan fingerprint density at radius 2 is 1.86 bits per heavy atom. The molecule has 1 amide bonds. The van der Waals surface area contributed by atoms with Crippen LogP contribution in [0.25, 0.3) is 0 Å². The molecule has 2 aliphatic rings. The molecule has 0 bridgehead atoms. The van der Waals surface area contributed by atoms with Crippen LogP contribution in [0.5, 0.6) is 0 Å². The first kappa shape index (κ1) is 14.1. The van der Waals surface area contributed by atoms with E-state index in [0.29, 0.717) is 6.61 Å². The largest absolute Gasteiger partial charge is 0.464 e. The highest BCUT2D eigenvalue weighted by Crippen LogP contribution is 2.24. The molecule has 2 heterocycles. The minimum absolute atomic E-state index is 0.0267. The molecule has 0 unspecified atom stereocenters. The number of carbonyl (C=O) groups excluding carboxylic acids is 2. The van der Waals surface area contributed by atoms with Crippen LogP contribution >= 0.6 is 0 Å². The summed E-state index contributed by atoms with van der Waals surface area (Å²) in [7, 11) is 0. The van der Waals surface area contributed by atoms with Crippen molar-refractivity contribution in [2.45, 2.75) is 25.3 Å². The fourth-order valence-corrected chi connectivity index (χ4v) is 3.06. The quantitative estimate of drug-likeness (QED) is 0.859. The Labute approximate surface area is 124 Å². The van der Waals surface area contributed by atoms with Gasteiger partial charge in [0.2, 0.25) is 5.91 Å². The molecule has 0 aliphatic carbocycles. The zero-order chi connectivity index (χ0) is 14.7. The summed E-state index contributed by atoms with van der Waals surface area (Å²) in [5, 5.41) is 2.96. The molecular formula is C16H20N2O3. The van der Waals surface area contributed by atoms with E-state index in [1.54, 1.807) is 0 Å². The van der Waals surface area contributed by atoms with Crippen LogP contribution in [0, 0.1) is 5.92 Å². The lowest BCUT2D eigenvalue weighted by atomic mass is 9.94. The van der Waals surface area contributed by atoms with Gasteiger partial charge in [0.15, 0.2) is 0 Å². The molecule has 21 heavy (non-hydrogen) atoms. The number of hydrogen-bond acceptors (Lipinski definition) is 4. The number of para-hydroxylation sites is 1. The first-order valence-electron chi connectivity index (χ1n) is 7.50. The van der Waals surface area contributed by atoms with Gasteiger partial charge in [0.1, 0.15) is 6.04 Å². The van der Waals surface area contributed by atoms with E-state index >= 15 is 0 Å². The number of benzene rings is 1. The maximum atomic E-state index is 12.2. The van der Waals surface area contributed by atoms with Gasteiger partial charge in [-0.3, -0.25) is 14.5 Å². The van der Waals surface area contributed by atoms with E-state index in [-0.39, 0.29) is 23.8 Å². The smallest absolute Gasteiger partial charge is 0.323 e. The van der Waals surface area contributed by atoms with Gasteiger partial charge < -0.3 is 10.1 Å². The van der Waals surface area contributed by atoms with Gasteiger partial charge in [0.25, 0.3) is 0 Å². The van der Waals surface area contributed by atoms with Crippen LogP contribution in [-0.4, -0.2) is 42.5 Å². The molecule has 3 rings (SSSR count). The highest BCUT2D eigenvalue weighted by molar-refractivity contribution is 5.92. The molecule has 0 aromatic heterocycles. The molecular weight excluding hydrogens is 268 g/mol. The molecule has 0 saturated carbocycles. The first-order chi connectivity index (χ1) is 10.2. The number of hydrogen-bond donors (Lipinski definition) is 1. The minimum atomic E-state index is -0.109. The number of likely N-dealkylation sites (tertiary alicyclic amines) is 1. The third-order valence-electron chi connectivity index (χ3n) is 4.29. The third kappa shape index (κ3) is 3.24. The van der Waals surface area contributed by atoms with Crippen LogP contribution in [0.1, 0.15) is 19.3 Å². The van der Waals surface area contributed by atoms with Crippen molar-refractivity contribution in [2.75, 3.05) is 25.0 Å².